The maximum Gasteiger partial charge on any atom is 0.0758 e. The van der Waals surface area contributed by atoms with Gasteiger partial charge >= 0.3 is 0 Å². The molecule has 0 atom stereocenters. The fraction of sp³-hybridized carbons (Fsp3) is 0.0833. The minimum Gasteiger partial charge on any atom is -0.247 e. The van der Waals surface area contributed by atoms with Crippen molar-refractivity contribution in [2.24, 2.45) is 4.99 Å². The van der Waals surface area contributed by atoms with Gasteiger partial charge in [-0.2, -0.15) is 0 Å². The van der Waals surface area contributed by atoms with Gasteiger partial charge in [0.25, 0.3) is 0 Å². The molecule has 2 aliphatic rings. The summed E-state index contributed by atoms with van der Waals surface area (Å²) < 4.78 is 0. The van der Waals surface area contributed by atoms with Gasteiger partial charge in [0, 0.05) is 11.3 Å². The summed E-state index contributed by atoms with van der Waals surface area (Å²) in [6.07, 6.45) is 8.22. The Morgan fingerprint density at radius 2 is 2.15 bits per heavy atom. The van der Waals surface area contributed by atoms with Crippen molar-refractivity contribution in [3.05, 3.63) is 58.8 Å². The van der Waals surface area contributed by atoms with E-state index >= 15 is 0 Å². The second-order valence-electron chi connectivity index (χ2n) is 3.21. The molecule has 0 spiro atoms. The lowest BCUT2D eigenvalue weighted by Gasteiger charge is -2.02. The van der Waals surface area contributed by atoms with Crippen LogP contribution in [-0.4, -0.2) is 0 Å². The van der Waals surface area contributed by atoms with Crippen molar-refractivity contribution in [3.63, 3.8) is 0 Å². The molecule has 61 valence electrons. The van der Waals surface area contributed by atoms with Crippen LogP contribution in [0, 0.1) is 6.08 Å². The quantitative estimate of drug-likeness (QED) is 0.547. The molecular weight excluding hydrogens is 158 g/mol. The van der Waals surface area contributed by atoms with Crippen molar-refractivity contribution in [2.45, 2.75) is 6.42 Å². The van der Waals surface area contributed by atoms with E-state index in [-0.39, 0.29) is 0 Å². The molecule has 1 aromatic carbocycles. The van der Waals surface area contributed by atoms with Gasteiger partial charge in [0.15, 0.2) is 0 Å². The summed E-state index contributed by atoms with van der Waals surface area (Å²) in [6.45, 7) is 0. The van der Waals surface area contributed by atoms with Crippen molar-refractivity contribution >= 4 is 5.57 Å². The maximum atomic E-state index is 4.49. The Morgan fingerprint density at radius 1 is 1.23 bits per heavy atom. The van der Waals surface area contributed by atoms with E-state index in [1.807, 2.05) is 12.1 Å². The van der Waals surface area contributed by atoms with Gasteiger partial charge in [-0.15, -0.1) is 0 Å². The van der Waals surface area contributed by atoms with Crippen molar-refractivity contribution in [2.75, 3.05) is 0 Å². The number of para-hydroxylation sites is 1. The number of hydrogen-bond acceptors (Lipinski definition) is 1. The number of allylic oxidation sites excluding steroid dienone is 4. The van der Waals surface area contributed by atoms with Crippen LogP contribution in [0.25, 0.3) is 5.57 Å². The maximum absolute atomic E-state index is 4.49. The van der Waals surface area contributed by atoms with E-state index in [1.165, 1.54) is 10.8 Å². The molecule has 1 heteroatoms. The minimum absolute atomic E-state index is 0.989. The highest BCUT2D eigenvalue weighted by Crippen LogP contribution is 2.20. The highest BCUT2D eigenvalue weighted by atomic mass is 14.8. The van der Waals surface area contributed by atoms with Gasteiger partial charge in [0.1, 0.15) is 0 Å². The molecule has 1 heterocycles. The summed E-state index contributed by atoms with van der Waals surface area (Å²) in [5, 5.41) is 2.36. The van der Waals surface area contributed by atoms with Gasteiger partial charge in [-0.1, -0.05) is 30.4 Å². The van der Waals surface area contributed by atoms with Crippen molar-refractivity contribution in [1.29, 1.82) is 0 Å². The lowest BCUT2D eigenvalue weighted by Crippen LogP contribution is -2.21. The van der Waals surface area contributed by atoms with Gasteiger partial charge in [0.05, 0.1) is 11.1 Å². The molecule has 0 N–H and O–H groups in total. The minimum atomic E-state index is 0.989. The Labute approximate surface area is 76.4 Å². The fourth-order valence-electron chi connectivity index (χ4n) is 1.78. The number of rotatable bonds is 0. The molecule has 0 saturated heterocycles. The third-order valence-corrected chi connectivity index (χ3v) is 2.41. The van der Waals surface area contributed by atoms with E-state index < -0.39 is 0 Å². The van der Waals surface area contributed by atoms with Crippen LogP contribution >= 0.6 is 0 Å². The Bertz CT molecular complexity index is 532. The molecule has 1 radical (unpaired) electrons. The third-order valence-electron chi connectivity index (χ3n) is 2.41. The second-order valence-corrected chi connectivity index (χ2v) is 3.21. The lowest BCUT2D eigenvalue weighted by atomic mass is 10.0. The molecule has 1 aromatic rings. The largest absolute Gasteiger partial charge is 0.247 e. The first kappa shape index (κ1) is 6.84. The van der Waals surface area contributed by atoms with E-state index in [1.54, 1.807) is 0 Å². The summed E-state index contributed by atoms with van der Waals surface area (Å²) in [6, 6.07) is 8.26. The van der Waals surface area contributed by atoms with Gasteiger partial charge in [-0.05, 0) is 18.1 Å². The average molecular weight is 166 g/mol. The van der Waals surface area contributed by atoms with Crippen LogP contribution in [0.1, 0.15) is 6.42 Å². The van der Waals surface area contributed by atoms with Crippen LogP contribution in [0.5, 0.6) is 0 Å². The molecule has 3 rings (SSSR count). The van der Waals surface area contributed by atoms with E-state index in [0.29, 0.717) is 0 Å². The van der Waals surface area contributed by atoms with Gasteiger partial charge < -0.3 is 0 Å². The Balaban J connectivity index is 2.46. The molecule has 0 aromatic heterocycles. The predicted octanol–water partition coefficient (Wildman–Crippen LogP) is 1.12. The first-order chi connectivity index (χ1) is 6.45. The first-order valence-electron chi connectivity index (χ1n) is 4.41. The summed E-state index contributed by atoms with van der Waals surface area (Å²) in [7, 11) is 0. The summed E-state index contributed by atoms with van der Waals surface area (Å²) >= 11 is 0. The second kappa shape index (κ2) is 2.43. The molecule has 1 nitrogen and oxygen atoms in total. The standard InChI is InChI=1S/C12H8N/c1-3-7-11-9(5-1)10-6-2-4-8-12(10)13-11/h1-5,7H,6H2. The number of fused-ring (bicyclic) bond motifs is 2. The van der Waals surface area contributed by atoms with Crippen molar-refractivity contribution in [3.8, 4) is 0 Å². The van der Waals surface area contributed by atoms with Crippen LogP contribution < -0.4 is 10.6 Å². The van der Waals surface area contributed by atoms with E-state index in [9.17, 15) is 0 Å². The van der Waals surface area contributed by atoms with Crippen LogP contribution in [0.4, 0.5) is 0 Å². The van der Waals surface area contributed by atoms with E-state index in [4.69, 9.17) is 0 Å². The molecular formula is C12H8N. The average Bonchev–Trinajstić information content (AvgIpc) is 2.56. The zero-order valence-corrected chi connectivity index (χ0v) is 7.12. The Morgan fingerprint density at radius 3 is 3.15 bits per heavy atom. The predicted molar refractivity (Wildman–Crippen MR) is 51.1 cm³/mol. The molecule has 0 amide bonds. The zero-order valence-electron chi connectivity index (χ0n) is 7.12. The Hall–Kier alpha value is -1.63. The molecule has 0 unspecified atom stereocenters. The summed E-state index contributed by atoms with van der Waals surface area (Å²) in [5.74, 6) is 0. The molecule has 0 saturated carbocycles. The van der Waals surface area contributed by atoms with Crippen molar-refractivity contribution < 1.29 is 0 Å². The molecule has 1 aliphatic heterocycles. The molecule has 1 aliphatic carbocycles. The fourth-order valence-corrected chi connectivity index (χ4v) is 1.78. The summed E-state index contributed by atoms with van der Waals surface area (Å²) in [4.78, 5) is 4.49. The smallest absolute Gasteiger partial charge is 0.0758 e. The van der Waals surface area contributed by atoms with E-state index in [0.717, 1.165) is 17.5 Å². The van der Waals surface area contributed by atoms with Gasteiger partial charge in [-0.25, -0.2) is 4.99 Å². The Kier molecular flexibility index (Phi) is 1.28. The molecule has 13 heavy (non-hydrogen) atoms. The van der Waals surface area contributed by atoms with Crippen LogP contribution in [0.15, 0.2) is 47.1 Å². The monoisotopic (exact) mass is 166 g/mol. The third kappa shape index (κ3) is 0.903. The number of nitrogens with zero attached hydrogens (tertiary/aromatic N) is 1. The normalized spacial score (nSPS) is 17.5. The summed E-state index contributed by atoms with van der Waals surface area (Å²) in [5.41, 5.74) is 2.34. The first-order valence-corrected chi connectivity index (χ1v) is 4.41. The molecule has 0 bridgehead atoms. The van der Waals surface area contributed by atoms with Crippen LogP contribution in [-0.2, 0) is 0 Å². The van der Waals surface area contributed by atoms with Gasteiger partial charge in [0.2, 0.25) is 0 Å². The van der Waals surface area contributed by atoms with Gasteiger partial charge in [-0.3, -0.25) is 0 Å². The van der Waals surface area contributed by atoms with Crippen LogP contribution in [0.3, 0.4) is 0 Å². The van der Waals surface area contributed by atoms with E-state index in [2.05, 4.69) is 35.3 Å². The molecule has 0 fully saturated rings. The van der Waals surface area contributed by atoms with Crippen LogP contribution in [0.2, 0.25) is 0 Å². The lowest BCUT2D eigenvalue weighted by molar-refractivity contribution is 1.26. The highest BCUT2D eigenvalue weighted by Gasteiger charge is 2.12. The highest BCUT2D eigenvalue weighted by molar-refractivity contribution is 5.68. The van der Waals surface area contributed by atoms with Crippen molar-refractivity contribution in [1.82, 2.24) is 0 Å². The number of benzene rings is 1. The topological polar surface area (TPSA) is 12.4 Å². The SMILES string of the molecule is [C]1=C2N=c3ccccc3=C2CC=C1. The zero-order chi connectivity index (χ0) is 8.67. The number of hydrogen-bond donors (Lipinski definition) is 0.